The zero-order chi connectivity index (χ0) is 16.1. The Hall–Kier alpha value is -2.21. The van der Waals surface area contributed by atoms with Gasteiger partial charge in [0.2, 0.25) is 11.8 Å². The second kappa shape index (κ2) is 7.17. The zero-order valence-electron chi connectivity index (χ0n) is 12.8. The third-order valence-corrected chi connectivity index (χ3v) is 3.75. The molecule has 1 aliphatic heterocycles. The molecule has 1 unspecified atom stereocenters. The van der Waals surface area contributed by atoms with Crippen LogP contribution >= 0.6 is 0 Å². The van der Waals surface area contributed by atoms with Gasteiger partial charge in [-0.1, -0.05) is 12.1 Å². The maximum Gasteiger partial charge on any atom is 0.243 e. The van der Waals surface area contributed by atoms with Gasteiger partial charge >= 0.3 is 0 Å². The van der Waals surface area contributed by atoms with Crippen molar-refractivity contribution in [1.82, 2.24) is 10.2 Å². The van der Waals surface area contributed by atoms with Gasteiger partial charge in [0.25, 0.3) is 0 Å². The summed E-state index contributed by atoms with van der Waals surface area (Å²) in [6.45, 7) is 2.77. The molecule has 1 N–H and O–H groups in total. The van der Waals surface area contributed by atoms with E-state index in [0.29, 0.717) is 37.3 Å². The van der Waals surface area contributed by atoms with Crippen molar-refractivity contribution in [2.24, 2.45) is 0 Å². The SMILES string of the molecule is CCOc1cccc(C=O)c1CN(C)C1CCC(=O)NC1=O. The molecular formula is C16H20N2O4. The highest BCUT2D eigenvalue weighted by molar-refractivity contribution is 6.00. The molecule has 118 valence electrons. The number of benzene rings is 1. The van der Waals surface area contributed by atoms with Crippen LogP contribution in [-0.4, -0.2) is 42.7 Å². The predicted molar refractivity (Wildman–Crippen MR) is 80.6 cm³/mol. The standard InChI is InChI=1S/C16H20N2O4/c1-3-22-14-6-4-5-11(10-19)12(14)9-18(2)13-7-8-15(20)17-16(13)21/h4-6,10,13H,3,7-9H2,1-2H3,(H,17,20,21). The fraction of sp³-hybridized carbons (Fsp3) is 0.438. The molecule has 0 aromatic heterocycles. The van der Waals surface area contributed by atoms with E-state index in [0.717, 1.165) is 11.8 Å². The summed E-state index contributed by atoms with van der Waals surface area (Å²) in [4.78, 5) is 36.2. The molecule has 22 heavy (non-hydrogen) atoms. The van der Waals surface area contributed by atoms with Gasteiger partial charge in [-0.2, -0.15) is 0 Å². The Balaban J connectivity index is 2.20. The molecule has 1 atom stereocenters. The van der Waals surface area contributed by atoms with Crippen LogP contribution in [0.15, 0.2) is 18.2 Å². The van der Waals surface area contributed by atoms with Crippen molar-refractivity contribution in [2.45, 2.75) is 32.4 Å². The van der Waals surface area contributed by atoms with E-state index in [4.69, 9.17) is 4.74 Å². The van der Waals surface area contributed by atoms with Crippen molar-refractivity contribution in [3.8, 4) is 5.75 Å². The molecular weight excluding hydrogens is 284 g/mol. The summed E-state index contributed by atoms with van der Waals surface area (Å²) >= 11 is 0. The number of carbonyl (C=O) groups excluding carboxylic acids is 3. The van der Waals surface area contributed by atoms with Crippen LogP contribution in [0.1, 0.15) is 35.7 Å². The normalized spacial score (nSPS) is 18.2. The summed E-state index contributed by atoms with van der Waals surface area (Å²) in [6, 6.07) is 4.92. The molecule has 6 nitrogen and oxygen atoms in total. The Labute approximate surface area is 129 Å². The number of rotatable bonds is 6. The quantitative estimate of drug-likeness (QED) is 0.630. The summed E-state index contributed by atoms with van der Waals surface area (Å²) in [7, 11) is 1.80. The molecule has 1 aromatic rings. The number of amides is 2. The lowest BCUT2D eigenvalue weighted by atomic mass is 10.0. The van der Waals surface area contributed by atoms with Crippen LogP contribution in [0.25, 0.3) is 0 Å². The van der Waals surface area contributed by atoms with E-state index in [1.54, 1.807) is 19.2 Å². The van der Waals surface area contributed by atoms with Gasteiger partial charge in [-0.3, -0.25) is 24.6 Å². The van der Waals surface area contributed by atoms with E-state index in [9.17, 15) is 14.4 Å². The third kappa shape index (κ3) is 3.51. The highest BCUT2D eigenvalue weighted by Crippen LogP contribution is 2.25. The predicted octanol–water partition coefficient (Wildman–Crippen LogP) is 1.13. The molecule has 1 heterocycles. The molecule has 0 spiro atoms. The lowest BCUT2D eigenvalue weighted by Crippen LogP contribution is -2.51. The van der Waals surface area contributed by atoms with E-state index in [1.807, 2.05) is 17.9 Å². The second-order valence-corrected chi connectivity index (χ2v) is 5.26. The fourth-order valence-corrected chi connectivity index (χ4v) is 2.62. The van der Waals surface area contributed by atoms with Gasteiger partial charge in [-0.15, -0.1) is 0 Å². The van der Waals surface area contributed by atoms with Crippen molar-refractivity contribution in [2.75, 3.05) is 13.7 Å². The maximum absolute atomic E-state index is 11.9. The highest BCUT2D eigenvalue weighted by Gasteiger charge is 2.30. The molecule has 1 fully saturated rings. The van der Waals surface area contributed by atoms with Gasteiger partial charge in [0, 0.05) is 24.1 Å². The number of hydrogen-bond acceptors (Lipinski definition) is 5. The smallest absolute Gasteiger partial charge is 0.243 e. The van der Waals surface area contributed by atoms with Crippen molar-refractivity contribution in [3.05, 3.63) is 29.3 Å². The van der Waals surface area contributed by atoms with Crippen LogP contribution in [0.4, 0.5) is 0 Å². The number of likely N-dealkylation sites (N-methyl/N-ethyl adjacent to an activating group) is 1. The third-order valence-electron chi connectivity index (χ3n) is 3.75. The fourth-order valence-electron chi connectivity index (χ4n) is 2.62. The molecule has 6 heteroatoms. The van der Waals surface area contributed by atoms with Gasteiger partial charge in [0.05, 0.1) is 12.6 Å². The van der Waals surface area contributed by atoms with Gasteiger partial charge in [-0.05, 0) is 26.5 Å². The van der Waals surface area contributed by atoms with Crippen LogP contribution < -0.4 is 10.1 Å². The first kappa shape index (κ1) is 16.2. The van der Waals surface area contributed by atoms with Crippen LogP contribution in [0.3, 0.4) is 0 Å². The largest absolute Gasteiger partial charge is 0.494 e. The monoisotopic (exact) mass is 304 g/mol. The lowest BCUT2D eigenvalue weighted by molar-refractivity contribution is -0.137. The summed E-state index contributed by atoms with van der Waals surface area (Å²) in [5.74, 6) is 0.115. The van der Waals surface area contributed by atoms with Crippen LogP contribution in [-0.2, 0) is 16.1 Å². The number of ether oxygens (including phenoxy) is 1. The number of piperidine rings is 1. The first-order valence-electron chi connectivity index (χ1n) is 7.30. The van der Waals surface area contributed by atoms with Crippen LogP contribution in [0, 0.1) is 0 Å². The van der Waals surface area contributed by atoms with Crippen molar-refractivity contribution in [3.63, 3.8) is 0 Å². The lowest BCUT2D eigenvalue weighted by Gasteiger charge is -2.30. The Kier molecular flexibility index (Phi) is 5.27. The van der Waals surface area contributed by atoms with E-state index < -0.39 is 0 Å². The molecule has 0 saturated carbocycles. The van der Waals surface area contributed by atoms with E-state index in [-0.39, 0.29) is 17.9 Å². The molecule has 1 aliphatic rings. The molecule has 2 rings (SSSR count). The average molecular weight is 304 g/mol. The van der Waals surface area contributed by atoms with E-state index in [2.05, 4.69) is 5.32 Å². The van der Waals surface area contributed by atoms with Crippen LogP contribution in [0.2, 0.25) is 0 Å². The first-order chi connectivity index (χ1) is 10.6. The Morgan fingerprint density at radius 1 is 1.41 bits per heavy atom. The van der Waals surface area contributed by atoms with Crippen molar-refractivity contribution in [1.29, 1.82) is 0 Å². The molecule has 2 amide bonds. The number of imide groups is 1. The van der Waals surface area contributed by atoms with Gasteiger partial charge in [-0.25, -0.2) is 0 Å². The number of carbonyl (C=O) groups is 3. The first-order valence-corrected chi connectivity index (χ1v) is 7.30. The Morgan fingerprint density at radius 2 is 2.18 bits per heavy atom. The van der Waals surface area contributed by atoms with Crippen LogP contribution in [0.5, 0.6) is 5.75 Å². The number of nitrogens with one attached hydrogen (secondary N) is 1. The number of aldehydes is 1. The summed E-state index contributed by atoms with van der Waals surface area (Å²) in [5, 5.41) is 2.34. The van der Waals surface area contributed by atoms with E-state index in [1.165, 1.54) is 0 Å². The molecule has 0 aliphatic carbocycles. The highest BCUT2D eigenvalue weighted by atomic mass is 16.5. The summed E-state index contributed by atoms with van der Waals surface area (Å²) in [5.41, 5.74) is 1.30. The minimum absolute atomic E-state index is 0.238. The molecule has 0 bridgehead atoms. The number of hydrogen-bond donors (Lipinski definition) is 1. The van der Waals surface area contributed by atoms with Crippen molar-refractivity contribution >= 4 is 18.1 Å². The van der Waals surface area contributed by atoms with Gasteiger partial charge in [0.15, 0.2) is 6.29 Å². The summed E-state index contributed by atoms with van der Waals surface area (Å²) in [6.07, 6.45) is 1.60. The minimum atomic E-state index is -0.383. The van der Waals surface area contributed by atoms with Crippen molar-refractivity contribution < 1.29 is 19.1 Å². The van der Waals surface area contributed by atoms with Gasteiger partial charge < -0.3 is 4.74 Å². The Bertz CT molecular complexity index is 586. The average Bonchev–Trinajstić information content (AvgIpc) is 2.49. The molecule has 1 aromatic carbocycles. The van der Waals surface area contributed by atoms with E-state index >= 15 is 0 Å². The minimum Gasteiger partial charge on any atom is -0.494 e. The van der Waals surface area contributed by atoms with Gasteiger partial charge in [0.1, 0.15) is 5.75 Å². The molecule has 0 radical (unpaired) electrons. The topological polar surface area (TPSA) is 75.7 Å². The Morgan fingerprint density at radius 3 is 2.82 bits per heavy atom. The molecule has 1 saturated heterocycles. The maximum atomic E-state index is 11.9. The zero-order valence-corrected chi connectivity index (χ0v) is 12.8. The number of nitrogens with zero attached hydrogens (tertiary/aromatic N) is 1. The second-order valence-electron chi connectivity index (χ2n) is 5.26. The summed E-state index contributed by atoms with van der Waals surface area (Å²) < 4.78 is 5.57.